The van der Waals surface area contributed by atoms with Crippen molar-refractivity contribution in [1.29, 1.82) is 0 Å². The molecule has 3 heterocycles. The number of fused-ring (bicyclic) bond motifs is 4. The zero-order valence-corrected chi connectivity index (χ0v) is 14.4. The van der Waals surface area contributed by atoms with Gasteiger partial charge in [-0.05, 0) is 24.3 Å². The molecule has 26 heavy (non-hydrogen) atoms. The van der Waals surface area contributed by atoms with E-state index in [2.05, 4.69) is 4.98 Å². The fraction of sp³-hybridized carbons (Fsp3) is 0.0526. The number of ether oxygens (including phenoxy) is 1. The molecule has 0 fully saturated rings. The summed E-state index contributed by atoms with van der Waals surface area (Å²) < 4.78 is 12.7. The third-order valence-corrected chi connectivity index (χ3v) is 5.17. The SMILES string of the molecule is COc1cccc2cc(-c3csc4nc5cc(O)ccc5n34)c(=O)oc12. The van der Waals surface area contributed by atoms with Gasteiger partial charge in [-0.25, -0.2) is 9.78 Å². The minimum Gasteiger partial charge on any atom is -0.508 e. The summed E-state index contributed by atoms with van der Waals surface area (Å²) in [4.78, 5) is 17.9. The largest absolute Gasteiger partial charge is 0.508 e. The van der Waals surface area contributed by atoms with Crippen molar-refractivity contribution in [2.24, 2.45) is 0 Å². The Morgan fingerprint density at radius 3 is 2.96 bits per heavy atom. The molecule has 7 heteroatoms. The molecule has 1 N–H and O–H groups in total. The number of nitrogens with zero attached hydrogens (tertiary/aromatic N) is 2. The number of thiazole rings is 1. The van der Waals surface area contributed by atoms with Crippen molar-refractivity contribution in [3.8, 4) is 22.8 Å². The van der Waals surface area contributed by atoms with Crippen LogP contribution in [0, 0.1) is 0 Å². The molecule has 0 aliphatic heterocycles. The number of para-hydroxylation sites is 1. The second kappa shape index (κ2) is 5.34. The fourth-order valence-corrected chi connectivity index (χ4v) is 4.06. The maximum absolute atomic E-state index is 12.7. The van der Waals surface area contributed by atoms with E-state index in [9.17, 15) is 9.90 Å². The maximum Gasteiger partial charge on any atom is 0.345 e. The van der Waals surface area contributed by atoms with Crippen LogP contribution in [0.1, 0.15) is 0 Å². The van der Waals surface area contributed by atoms with Gasteiger partial charge in [0.05, 0.1) is 29.4 Å². The summed E-state index contributed by atoms with van der Waals surface area (Å²) in [7, 11) is 1.54. The Bertz CT molecular complexity index is 1360. The third-order valence-electron chi connectivity index (χ3n) is 4.34. The summed E-state index contributed by atoms with van der Waals surface area (Å²) in [6.07, 6.45) is 0. The Hall–Kier alpha value is -3.32. The van der Waals surface area contributed by atoms with Crippen LogP contribution < -0.4 is 10.4 Å². The highest BCUT2D eigenvalue weighted by Crippen LogP contribution is 2.32. The molecule has 0 radical (unpaired) electrons. The van der Waals surface area contributed by atoms with Crippen molar-refractivity contribution >= 4 is 38.3 Å². The first-order chi connectivity index (χ1) is 12.7. The van der Waals surface area contributed by atoms with E-state index >= 15 is 0 Å². The average molecular weight is 364 g/mol. The third kappa shape index (κ3) is 2.04. The molecule has 6 nitrogen and oxygen atoms in total. The molecule has 0 atom stereocenters. The standard InChI is InChI=1S/C19H12N2O4S/c1-24-16-4-2-3-10-7-12(18(23)25-17(10)16)15-9-26-19-20-13-8-11(22)5-6-14(13)21(15)19/h2-9,22H,1H3. The second-order valence-electron chi connectivity index (χ2n) is 5.85. The molecule has 0 saturated carbocycles. The van der Waals surface area contributed by atoms with Gasteiger partial charge in [-0.15, -0.1) is 11.3 Å². The first-order valence-electron chi connectivity index (χ1n) is 7.85. The maximum atomic E-state index is 12.7. The van der Waals surface area contributed by atoms with Crippen molar-refractivity contribution in [3.63, 3.8) is 0 Å². The number of rotatable bonds is 2. The van der Waals surface area contributed by atoms with E-state index in [1.54, 1.807) is 30.3 Å². The Labute approximate surface area is 150 Å². The molecule has 0 aliphatic rings. The zero-order valence-electron chi connectivity index (χ0n) is 13.6. The highest BCUT2D eigenvalue weighted by molar-refractivity contribution is 7.15. The van der Waals surface area contributed by atoms with Crippen LogP contribution in [-0.2, 0) is 0 Å². The molecule has 0 spiro atoms. The van der Waals surface area contributed by atoms with Gasteiger partial charge in [0.2, 0.25) is 0 Å². The van der Waals surface area contributed by atoms with Gasteiger partial charge in [0.25, 0.3) is 0 Å². The Balaban J connectivity index is 1.84. The second-order valence-corrected chi connectivity index (χ2v) is 6.69. The fourth-order valence-electron chi connectivity index (χ4n) is 3.16. The van der Waals surface area contributed by atoms with Crippen molar-refractivity contribution in [1.82, 2.24) is 9.38 Å². The topological polar surface area (TPSA) is 77.0 Å². The van der Waals surface area contributed by atoms with Gasteiger partial charge in [-0.3, -0.25) is 4.40 Å². The lowest BCUT2D eigenvalue weighted by Crippen LogP contribution is -2.04. The molecule has 0 unspecified atom stereocenters. The molecule has 128 valence electrons. The number of methoxy groups -OCH3 is 1. The number of imidazole rings is 1. The Morgan fingerprint density at radius 1 is 1.23 bits per heavy atom. The van der Waals surface area contributed by atoms with Crippen molar-refractivity contribution in [2.75, 3.05) is 7.11 Å². The van der Waals surface area contributed by atoms with Crippen LogP contribution in [0.4, 0.5) is 0 Å². The predicted molar refractivity (Wildman–Crippen MR) is 100 cm³/mol. The van der Waals surface area contributed by atoms with Crippen LogP contribution in [-0.4, -0.2) is 21.6 Å². The van der Waals surface area contributed by atoms with E-state index < -0.39 is 5.63 Å². The molecule has 0 aliphatic carbocycles. The van der Waals surface area contributed by atoms with Gasteiger partial charge in [0.1, 0.15) is 5.75 Å². The zero-order chi connectivity index (χ0) is 17.8. The van der Waals surface area contributed by atoms with E-state index in [1.807, 2.05) is 21.9 Å². The van der Waals surface area contributed by atoms with E-state index in [0.717, 1.165) is 15.9 Å². The Morgan fingerprint density at radius 2 is 2.12 bits per heavy atom. The predicted octanol–water partition coefficient (Wildman–Crippen LogP) is 4.04. The van der Waals surface area contributed by atoms with Gasteiger partial charge in [-0.2, -0.15) is 0 Å². The molecular formula is C19H12N2O4S. The van der Waals surface area contributed by atoms with E-state index in [4.69, 9.17) is 9.15 Å². The Kier molecular flexibility index (Phi) is 3.07. The number of aromatic nitrogens is 2. The van der Waals surface area contributed by atoms with Gasteiger partial charge >= 0.3 is 5.63 Å². The first kappa shape index (κ1) is 15.0. The normalized spacial score (nSPS) is 11.6. The first-order valence-corrected chi connectivity index (χ1v) is 8.73. The van der Waals surface area contributed by atoms with E-state index in [1.165, 1.54) is 18.4 Å². The molecule has 2 aromatic carbocycles. The molecule has 5 rings (SSSR count). The number of phenols is 1. The quantitative estimate of drug-likeness (QED) is 0.479. The minimum absolute atomic E-state index is 0.155. The monoisotopic (exact) mass is 364 g/mol. The molecule has 0 saturated heterocycles. The van der Waals surface area contributed by atoms with Crippen LogP contribution in [0.15, 0.2) is 57.1 Å². The smallest absolute Gasteiger partial charge is 0.345 e. The van der Waals surface area contributed by atoms with Crippen molar-refractivity contribution < 1.29 is 14.3 Å². The number of phenolic OH excluding ortho intramolecular Hbond substituents is 1. The highest BCUT2D eigenvalue weighted by Gasteiger charge is 2.17. The summed E-state index contributed by atoms with van der Waals surface area (Å²) in [5.74, 6) is 0.673. The average Bonchev–Trinajstić information content (AvgIpc) is 3.19. The molecule has 3 aromatic heterocycles. The van der Waals surface area contributed by atoms with Crippen LogP contribution >= 0.6 is 11.3 Å². The van der Waals surface area contributed by atoms with Gasteiger partial charge in [-0.1, -0.05) is 12.1 Å². The van der Waals surface area contributed by atoms with Crippen LogP contribution in [0.3, 0.4) is 0 Å². The summed E-state index contributed by atoms with van der Waals surface area (Å²) in [5.41, 5.74) is 2.63. The van der Waals surface area contributed by atoms with Crippen molar-refractivity contribution in [3.05, 3.63) is 58.3 Å². The number of hydrogen-bond acceptors (Lipinski definition) is 6. The van der Waals surface area contributed by atoms with Crippen LogP contribution in [0.2, 0.25) is 0 Å². The molecule has 5 aromatic rings. The highest BCUT2D eigenvalue weighted by atomic mass is 32.1. The van der Waals surface area contributed by atoms with Crippen LogP contribution in [0.25, 0.3) is 38.2 Å². The van der Waals surface area contributed by atoms with Gasteiger partial charge in [0, 0.05) is 16.8 Å². The summed E-state index contributed by atoms with van der Waals surface area (Å²) in [6, 6.07) is 12.3. The number of benzene rings is 2. The lowest BCUT2D eigenvalue weighted by molar-refractivity contribution is 0.407. The summed E-state index contributed by atoms with van der Waals surface area (Å²) in [5, 5.41) is 12.3. The number of hydrogen-bond donors (Lipinski definition) is 1. The molecule has 0 bridgehead atoms. The lowest BCUT2D eigenvalue weighted by Gasteiger charge is -2.06. The molecule has 0 amide bonds. The van der Waals surface area contributed by atoms with Crippen LogP contribution in [0.5, 0.6) is 11.5 Å². The van der Waals surface area contributed by atoms with Gasteiger partial charge in [0.15, 0.2) is 16.3 Å². The minimum atomic E-state index is -0.442. The van der Waals surface area contributed by atoms with E-state index in [0.29, 0.717) is 28.1 Å². The lowest BCUT2D eigenvalue weighted by atomic mass is 10.1. The summed E-state index contributed by atoms with van der Waals surface area (Å²) >= 11 is 1.43. The molecular weight excluding hydrogens is 352 g/mol. The van der Waals surface area contributed by atoms with Crippen molar-refractivity contribution in [2.45, 2.75) is 0 Å². The summed E-state index contributed by atoms with van der Waals surface area (Å²) in [6.45, 7) is 0. The van der Waals surface area contributed by atoms with E-state index in [-0.39, 0.29) is 5.75 Å². The van der Waals surface area contributed by atoms with Gasteiger partial charge < -0.3 is 14.3 Å². The number of aromatic hydroxyl groups is 1.